The van der Waals surface area contributed by atoms with Crippen molar-refractivity contribution in [2.75, 3.05) is 30.5 Å². The number of imide groups is 1. The Labute approximate surface area is 180 Å². The van der Waals surface area contributed by atoms with Crippen molar-refractivity contribution in [1.82, 2.24) is 4.90 Å². The number of hydrogen-bond acceptors (Lipinski definition) is 4. The molecule has 158 valence electrons. The highest BCUT2D eigenvalue weighted by Gasteiger charge is 2.46. The lowest BCUT2D eigenvalue weighted by Crippen LogP contribution is -2.39. The average molecular weight is 430 g/mol. The summed E-state index contributed by atoms with van der Waals surface area (Å²) in [5.74, 6) is -0.791. The Kier molecular flexibility index (Phi) is 7.07. The average Bonchev–Trinajstić information content (AvgIpc) is 2.97. The summed E-state index contributed by atoms with van der Waals surface area (Å²) in [6, 6.07) is 12.5. The van der Waals surface area contributed by atoms with Gasteiger partial charge in [0, 0.05) is 24.4 Å². The van der Waals surface area contributed by atoms with Crippen molar-refractivity contribution in [3.63, 3.8) is 0 Å². The summed E-state index contributed by atoms with van der Waals surface area (Å²) in [4.78, 5) is 41.1. The number of carbonyl (C=O) groups is 3. The number of methoxy groups -OCH3 is 1. The van der Waals surface area contributed by atoms with Gasteiger partial charge in [-0.25, -0.2) is 9.69 Å². The molecule has 0 saturated carbocycles. The standard InChI is InChI=1S/C22H24ClN3O4/c1-3-15-4-8-17(9-5-15)24-20(27)14-19-21(28)26(18-10-6-16(23)7-11-18)22(29)25(19)12-13-30-2/h4-11,19H,3,12-14H2,1-2H3,(H,24,27)/t19-/m1/s1. The second-order valence-corrected chi connectivity index (χ2v) is 7.37. The molecule has 1 fully saturated rings. The zero-order valence-electron chi connectivity index (χ0n) is 16.9. The third-order valence-electron chi connectivity index (χ3n) is 4.96. The van der Waals surface area contributed by atoms with Crippen molar-refractivity contribution in [3.8, 4) is 0 Å². The number of nitrogens with zero attached hydrogens (tertiary/aromatic N) is 2. The fraction of sp³-hybridized carbons (Fsp3) is 0.318. The lowest BCUT2D eigenvalue weighted by Gasteiger charge is -2.21. The number of rotatable bonds is 8. The molecule has 1 heterocycles. The quantitative estimate of drug-likeness (QED) is 0.649. The Morgan fingerprint density at radius 3 is 2.37 bits per heavy atom. The van der Waals surface area contributed by atoms with Crippen LogP contribution in [0.15, 0.2) is 48.5 Å². The van der Waals surface area contributed by atoms with Gasteiger partial charge in [0.2, 0.25) is 5.91 Å². The predicted octanol–water partition coefficient (Wildman–Crippen LogP) is 3.71. The molecule has 0 bridgehead atoms. The summed E-state index contributed by atoms with van der Waals surface area (Å²) in [6.07, 6.45) is 0.760. The third kappa shape index (κ3) is 4.80. The summed E-state index contributed by atoms with van der Waals surface area (Å²) in [6.45, 7) is 2.51. The first-order valence-corrected chi connectivity index (χ1v) is 10.1. The SMILES string of the molecule is CCc1ccc(NC(=O)C[C@@H]2C(=O)N(c3ccc(Cl)cc3)C(=O)N2CCOC)cc1. The van der Waals surface area contributed by atoms with Crippen molar-refractivity contribution in [1.29, 1.82) is 0 Å². The van der Waals surface area contributed by atoms with Gasteiger partial charge < -0.3 is 15.0 Å². The van der Waals surface area contributed by atoms with Gasteiger partial charge in [0.25, 0.3) is 5.91 Å². The van der Waals surface area contributed by atoms with E-state index in [-0.39, 0.29) is 25.5 Å². The molecule has 2 aromatic rings. The molecule has 0 aromatic heterocycles. The molecule has 0 spiro atoms. The van der Waals surface area contributed by atoms with Gasteiger partial charge in [0.1, 0.15) is 6.04 Å². The van der Waals surface area contributed by atoms with Crippen molar-refractivity contribution in [3.05, 3.63) is 59.1 Å². The van der Waals surface area contributed by atoms with E-state index in [1.54, 1.807) is 24.3 Å². The van der Waals surface area contributed by atoms with Crippen LogP contribution in [-0.4, -0.2) is 49.0 Å². The van der Waals surface area contributed by atoms with E-state index in [4.69, 9.17) is 16.3 Å². The van der Waals surface area contributed by atoms with E-state index >= 15 is 0 Å². The summed E-state index contributed by atoms with van der Waals surface area (Å²) < 4.78 is 5.07. The molecule has 1 aliphatic heterocycles. The minimum absolute atomic E-state index is 0.145. The van der Waals surface area contributed by atoms with Crippen LogP contribution in [0.3, 0.4) is 0 Å². The van der Waals surface area contributed by atoms with E-state index in [0.717, 1.165) is 16.9 Å². The van der Waals surface area contributed by atoms with Crippen LogP contribution >= 0.6 is 11.6 Å². The van der Waals surface area contributed by atoms with Gasteiger partial charge in [0.05, 0.1) is 18.7 Å². The van der Waals surface area contributed by atoms with Crippen LogP contribution < -0.4 is 10.2 Å². The second-order valence-electron chi connectivity index (χ2n) is 6.94. The summed E-state index contributed by atoms with van der Waals surface area (Å²) in [5, 5.41) is 3.30. The molecule has 2 aromatic carbocycles. The van der Waals surface area contributed by atoms with Crippen LogP contribution in [0.1, 0.15) is 18.9 Å². The van der Waals surface area contributed by atoms with Crippen LogP contribution in [0.2, 0.25) is 5.02 Å². The van der Waals surface area contributed by atoms with E-state index in [1.165, 1.54) is 12.0 Å². The number of aryl methyl sites for hydroxylation is 1. The molecule has 0 unspecified atom stereocenters. The van der Waals surface area contributed by atoms with Gasteiger partial charge in [-0.05, 0) is 48.4 Å². The fourth-order valence-corrected chi connectivity index (χ4v) is 3.44. The number of ether oxygens (including phenoxy) is 1. The number of anilines is 2. The highest BCUT2D eigenvalue weighted by Crippen LogP contribution is 2.28. The third-order valence-corrected chi connectivity index (χ3v) is 5.22. The Hall–Kier alpha value is -2.90. The molecule has 0 aliphatic carbocycles. The maximum Gasteiger partial charge on any atom is 0.332 e. The van der Waals surface area contributed by atoms with Crippen LogP contribution in [0.25, 0.3) is 0 Å². The Morgan fingerprint density at radius 2 is 1.77 bits per heavy atom. The lowest BCUT2D eigenvalue weighted by molar-refractivity contribution is -0.124. The molecule has 1 aliphatic rings. The number of hydrogen-bond donors (Lipinski definition) is 1. The van der Waals surface area contributed by atoms with Crippen molar-refractivity contribution in [2.45, 2.75) is 25.8 Å². The Balaban J connectivity index is 1.77. The Bertz CT molecular complexity index is 915. The zero-order valence-corrected chi connectivity index (χ0v) is 17.7. The van der Waals surface area contributed by atoms with Crippen LogP contribution in [0, 0.1) is 0 Å². The molecular weight excluding hydrogens is 406 g/mol. The molecule has 0 radical (unpaired) electrons. The maximum absolute atomic E-state index is 13.1. The van der Waals surface area contributed by atoms with Crippen molar-refractivity contribution in [2.24, 2.45) is 0 Å². The highest BCUT2D eigenvalue weighted by molar-refractivity contribution is 6.30. The van der Waals surface area contributed by atoms with Crippen LogP contribution in [-0.2, 0) is 20.7 Å². The van der Waals surface area contributed by atoms with E-state index in [1.807, 2.05) is 24.3 Å². The largest absolute Gasteiger partial charge is 0.383 e. The normalized spacial score (nSPS) is 16.3. The van der Waals surface area contributed by atoms with Crippen molar-refractivity contribution < 1.29 is 19.1 Å². The fourth-order valence-electron chi connectivity index (χ4n) is 3.32. The number of urea groups is 1. The summed E-state index contributed by atoms with van der Waals surface area (Å²) in [7, 11) is 1.51. The molecular formula is C22H24ClN3O4. The molecule has 8 heteroatoms. The molecule has 1 N–H and O–H groups in total. The van der Waals surface area contributed by atoms with Gasteiger partial charge >= 0.3 is 6.03 Å². The number of carbonyl (C=O) groups excluding carboxylic acids is 3. The van der Waals surface area contributed by atoms with Gasteiger partial charge in [-0.3, -0.25) is 9.59 Å². The highest BCUT2D eigenvalue weighted by atomic mass is 35.5. The molecule has 4 amide bonds. The molecule has 7 nitrogen and oxygen atoms in total. The topological polar surface area (TPSA) is 79.0 Å². The first-order chi connectivity index (χ1) is 14.4. The maximum atomic E-state index is 13.1. The number of amides is 4. The molecule has 30 heavy (non-hydrogen) atoms. The summed E-state index contributed by atoms with van der Waals surface area (Å²) in [5.41, 5.74) is 2.22. The molecule has 1 atom stereocenters. The van der Waals surface area contributed by atoms with Crippen molar-refractivity contribution >= 4 is 40.8 Å². The van der Waals surface area contributed by atoms with Gasteiger partial charge in [0.15, 0.2) is 0 Å². The molecule has 1 saturated heterocycles. The number of nitrogens with one attached hydrogen (secondary N) is 1. The first-order valence-electron chi connectivity index (χ1n) is 9.72. The summed E-state index contributed by atoms with van der Waals surface area (Å²) >= 11 is 5.91. The first kappa shape index (κ1) is 21.8. The van der Waals surface area contributed by atoms with E-state index in [0.29, 0.717) is 16.4 Å². The molecule has 3 rings (SSSR count). The van der Waals surface area contributed by atoms with Gasteiger partial charge in [-0.15, -0.1) is 0 Å². The van der Waals surface area contributed by atoms with Crippen LogP contribution in [0.5, 0.6) is 0 Å². The monoisotopic (exact) mass is 429 g/mol. The van der Waals surface area contributed by atoms with E-state index in [2.05, 4.69) is 12.2 Å². The Morgan fingerprint density at radius 1 is 1.10 bits per heavy atom. The minimum atomic E-state index is -0.904. The van der Waals surface area contributed by atoms with Crippen LogP contribution in [0.4, 0.5) is 16.2 Å². The number of halogens is 1. The van der Waals surface area contributed by atoms with Gasteiger partial charge in [-0.1, -0.05) is 30.7 Å². The van der Waals surface area contributed by atoms with E-state index < -0.39 is 18.0 Å². The van der Waals surface area contributed by atoms with Gasteiger partial charge in [-0.2, -0.15) is 0 Å². The van der Waals surface area contributed by atoms with E-state index in [9.17, 15) is 14.4 Å². The predicted molar refractivity (Wildman–Crippen MR) is 116 cm³/mol. The number of benzene rings is 2. The lowest BCUT2D eigenvalue weighted by atomic mass is 10.1. The minimum Gasteiger partial charge on any atom is -0.383 e. The second kappa shape index (κ2) is 9.73. The zero-order chi connectivity index (χ0) is 21.7. The smallest absolute Gasteiger partial charge is 0.332 e.